The minimum Gasteiger partial charge on any atom is -0.331 e. The van der Waals surface area contributed by atoms with Gasteiger partial charge in [0.1, 0.15) is 5.82 Å². The molecule has 0 atom stereocenters. The minimum absolute atomic E-state index is 0.822. The molecule has 0 amide bonds. The molecule has 0 spiro atoms. The van der Waals surface area contributed by atoms with Crippen molar-refractivity contribution in [2.75, 3.05) is 13.1 Å². The standard InChI is InChI=1S/C17H18ClN3/c18-14-1-2-15-13(11-14)5-9-21-10-8-20-17(21)16(15)12-3-6-19-7-4-12/h1-2,8,10-11,19H,3-7,9H2. The van der Waals surface area contributed by atoms with Crippen molar-refractivity contribution in [3.8, 4) is 0 Å². The average molecular weight is 300 g/mol. The van der Waals surface area contributed by atoms with Crippen molar-refractivity contribution in [1.82, 2.24) is 14.9 Å². The number of fused-ring (bicyclic) bond motifs is 2. The number of piperidine rings is 1. The van der Waals surface area contributed by atoms with Gasteiger partial charge in [-0.2, -0.15) is 0 Å². The van der Waals surface area contributed by atoms with Gasteiger partial charge in [0.05, 0.1) is 0 Å². The highest BCUT2D eigenvalue weighted by molar-refractivity contribution is 6.30. The van der Waals surface area contributed by atoms with Crippen LogP contribution in [0.15, 0.2) is 36.2 Å². The summed E-state index contributed by atoms with van der Waals surface area (Å²) in [6.45, 7) is 3.09. The molecule has 0 bridgehead atoms. The van der Waals surface area contributed by atoms with Crippen molar-refractivity contribution < 1.29 is 0 Å². The molecule has 2 aromatic rings. The lowest BCUT2D eigenvalue weighted by Crippen LogP contribution is -2.24. The van der Waals surface area contributed by atoms with Crippen LogP contribution in [-0.2, 0) is 13.0 Å². The van der Waals surface area contributed by atoms with Crippen molar-refractivity contribution in [3.05, 3.63) is 58.1 Å². The summed E-state index contributed by atoms with van der Waals surface area (Å²) >= 11 is 6.20. The number of rotatable bonds is 0. The van der Waals surface area contributed by atoms with Gasteiger partial charge >= 0.3 is 0 Å². The molecule has 4 rings (SSSR count). The molecule has 0 radical (unpaired) electrons. The van der Waals surface area contributed by atoms with Gasteiger partial charge in [-0.25, -0.2) is 4.98 Å². The zero-order chi connectivity index (χ0) is 14.2. The Morgan fingerprint density at radius 2 is 2.00 bits per heavy atom. The molecule has 1 N–H and O–H groups in total. The van der Waals surface area contributed by atoms with Gasteiger partial charge in [0.25, 0.3) is 0 Å². The van der Waals surface area contributed by atoms with E-state index in [2.05, 4.69) is 33.2 Å². The fraction of sp³-hybridized carbons (Fsp3) is 0.353. The molecule has 2 aliphatic rings. The first-order valence-corrected chi connectivity index (χ1v) is 7.94. The molecule has 3 nitrogen and oxygen atoms in total. The Bertz CT molecular complexity index is 707. The summed E-state index contributed by atoms with van der Waals surface area (Å²) in [4.78, 5) is 4.65. The van der Waals surface area contributed by atoms with Crippen LogP contribution in [0.5, 0.6) is 0 Å². The summed E-state index contributed by atoms with van der Waals surface area (Å²) in [5.41, 5.74) is 5.52. The van der Waals surface area contributed by atoms with Gasteiger partial charge in [-0.3, -0.25) is 0 Å². The zero-order valence-corrected chi connectivity index (χ0v) is 12.7. The molecule has 3 heterocycles. The molecule has 108 valence electrons. The predicted octanol–water partition coefficient (Wildman–Crippen LogP) is 3.28. The minimum atomic E-state index is 0.822. The van der Waals surface area contributed by atoms with Gasteiger partial charge < -0.3 is 9.88 Å². The molecule has 21 heavy (non-hydrogen) atoms. The Balaban J connectivity index is 1.96. The van der Waals surface area contributed by atoms with Crippen LogP contribution >= 0.6 is 11.6 Å². The molecule has 0 unspecified atom stereocenters. The number of halogens is 1. The number of nitrogens with one attached hydrogen (secondary N) is 1. The van der Waals surface area contributed by atoms with E-state index in [0.717, 1.165) is 49.7 Å². The van der Waals surface area contributed by atoms with Crippen LogP contribution in [0.3, 0.4) is 0 Å². The third kappa shape index (κ3) is 2.30. The molecule has 1 fully saturated rings. The maximum atomic E-state index is 6.20. The van der Waals surface area contributed by atoms with Gasteiger partial charge in [-0.15, -0.1) is 0 Å². The van der Waals surface area contributed by atoms with Crippen molar-refractivity contribution in [1.29, 1.82) is 0 Å². The third-order valence-electron chi connectivity index (χ3n) is 4.46. The summed E-state index contributed by atoms with van der Waals surface area (Å²) in [5.74, 6) is 1.12. The van der Waals surface area contributed by atoms with Gasteiger partial charge in [0.2, 0.25) is 0 Å². The van der Waals surface area contributed by atoms with Crippen LogP contribution in [0.25, 0.3) is 5.57 Å². The van der Waals surface area contributed by atoms with Gasteiger partial charge in [-0.1, -0.05) is 23.2 Å². The third-order valence-corrected chi connectivity index (χ3v) is 4.69. The summed E-state index contributed by atoms with van der Waals surface area (Å²) < 4.78 is 2.28. The van der Waals surface area contributed by atoms with E-state index < -0.39 is 0 Å². The summed E-state index contributed by atoms with van der Waals surface area (Å²) in [7, 11) is 0. The molecule has 1 aromatic carbocycles. The summed E-state index contributed by atoms with van der Waals surface area (Å²) in [5, 5.41) is 4.26. The van der Waals surface area contributed by atoms with Crippen molar-refractivity contribution in [2.24, 2.45) is 0 Å². The topological polar surface area (TPSA) is 29.9 Å². The molecule has 4 heteroatoms. The van der Waals surface area contributed by atoms with Crippen LogP contribution in [0.4, 0.5) is 0 Å². The van der Waals surface area contributed by atoms with E-state index in [1.54, 1.807) is 0 Å². The maximum Gasteiger partial charge on any atom is 0.140 e. The fourth-order valence-corrected chi connectivity index (χ4v) is 3.61. The van der Waals surface area contributed by atoms with E-state index >= 15 is 0 Å². The van der Waals surface area contributed by atoms with E-state index in [-0.39, 0.29) is 0 Å². The Kier molecular flexibility index (Phi) is 3.32. The number of hydrogen-bond acceptors (Lipinski definition) is 2. The van der Waals surface area contributed by atoms with Crippen LogP contribution in [0, 0.1) is 0 Å². The second kappa shape index (κ2) is 5.32. The van der Waals surface area contributed by atoms with Crippen LogP contribution < -0.4 is 5.32 Å². The number of aromatic nitrogens is 2. The predicted molar refractivity (Wildman–Crippen MR) is 85.5 cm³/mol. The Labute approximate surface area is 129 Å². The SMILES string of the molecule is Clc1ccc2c(c1)CCn1ccnc1C2=C1CCNCC1. The molecular formula is C17H18ClN3. The summed E-state index contributed by atoms with van der Waals surface area (Å²) in [6.07, 6.45) is 7.21. The van der Waals surface area contributed by atoms with Crippen molar-refractivity contribution >= 4 is 17.2 Å². The zero-order valence-electron chi connectivity index (χ0n) is 11.9. The first kappa shape index (κ1) is 13.1. The van der Waals surface area contributed by atoms with E-state index in [1.165, 1.54) is 22.3 Å². The van der Waals surface area contributed by atoms with Crippen LogP contribution in [-0.4, -0.2) is 22.6 Å². The van der Waals surface area contributed by atoms with E-state index in [0.29, 0.717) is 0 Å². The van der Waals surface area contributed by atoms with Crippen LogP contribution in [0.2, 0.25) is 5.02 Å². The van der Waals surface area contributed by atoms with E-state index in [1.807, 2.05) is 12.3 Å². The van der Waals surface area contributed by atoms with Crippen LogP contribution in [0.1, 0.15) is 29.8 Å². The van der Waals surface area contributed by atoms with E-state index in [9.17, 15) is 0 Å². The first-order valence-electron chi connectivity index (χ1n) is 7.56. The smallest absolute Gasteiger partial charge is 0.140 e. The van der Waals surface area contributed by atoms with Crippen molar-refractivity contribution in [2.45, 2.75) is 25.8 Å². The number of imidazole rings is 1. The molecule has 2 aliphatic heterocycles. The number of aryl methyl sites for hydroxylation is 2. The molecule has 1 aromatic heterocycles. The highest BCUT2D eigenvalue weighted by Gasteiger charge is 2.23. The lowest BCUT2D eigenvalue weighted by molar-refractivity contribution is 0.610. The lowest BCUT2D eigenvalue weighted by atomic mass is 9.90. The highest BCUT2D eigenvalue weighted by atomic mass is 35.5. The Morgan fingerprint density at radius 3 is 2.86 bits per heavy atom. The van der Waals surface area contributed by atoms with Gasteiger partial charge in [0.15, 0.2) is 0 Å². The molecular weight excluding hydrogens is 282 g/mol. The highest BCUT2D eigenvalue weighted by Crippen LogP contribution is 2.35. The Hall–Kier alpha value is -1.58. The fourth-order valence-electron chi connectivity index (χ4n) is 3.42. The molecule has 0 aliphatic carbocycles. The second-order valence-electron chi connectivity index (χ2n) is 5.72. The number of nitrogens with zero attached hydrogens (tertiary/aromatic N) is 2. The first-order chi connectivity index (χ1) is 10.3. The maximum absolute atomic E-state index is 6.20. The van der Waals surface area contributed by atoms with Gasteiger partial charge in [-0.05, 0) is 55.6 Å². The number of benzene rings is 1. The lowest BCUT2D eigenvalue weighted by Gasteiger charge is -2.21. The molecule has 1 saturated heterocycles. The van der Waals surface area contributed by atoms with Gasteiger partial charge in [0, 0.05) is 29.5 Å². The number of hydrogen-bond donors (Lipinski definition) is 1. The summed E-state index contributed by atoms with van der Waals surface area (Å²) in [6, 6.07) is 6.29. The second-order valence-corrected chi connectivity index (χ2v) is 6.16. The monoisotopic (exact) mass is 299 g/mol. The van der Waals surface area contributed by atoms with E-state index in [4.69, 9.17) is 11.6 Å². The normalized spacial score (nSPS) is 18.1. The quantitative estimate of drug-likeness (QED) is 0.809. The largest absolute Gasteiger partial charge is 0.331 e. The average Bonchev–Trinajstić information content (AvgIpc) is 2.91. The Morgan fingerprint density at radius 1 is 1.14 bits per heavy atom. The van der Waals surface area contributed by atoms with Crippen molar-refractivity contribution in [3.63, 3.8) is 0 Å². The molecule has 0 saturated carbocycles.